The summed E-state index contributed by atoms with van der Waals surface area (Å²) in [5.41, 5.74) is 3.99. The third-order valence-electron chi connectivity index (χ3n) is 5.69. The first kappa shape index (κ1) is 20.2. The van der Waals surface area contributed by atoms with Crippen molar-refractivity contribution < 1.29 is 9.21 Å². The Balaban J connectivity index is 1.31. The number of benzene rings is 2. The summed E-state index contributed by atoms with van der Waals surface area (Å²) < 4.78 is 8.69. The van der Waals surface area contributed by atoms with E-state index in [2.05, 4.69) is 20.9 Å². The lowest BCUT2D eigenvalue weighted by molar-refractivity contribution is 0.102. The Bertz CT molecular complexity index is 1330. The van der Waals surface area contributed by atoms with Crippen molar-refractivity contribution in [3.05, 3.63) is 76.0 Å². The first-order valence-electron chi connectivity index (χ1n) is 10.7. The first-order valence-corrected chi connectivity index (χ1v) is 10.7. The number of aromatic nitrogens is 4. The smallest absolute Gasteiger partial charge is 0.408 e. The molecule has 4 aromatic rings. The van der Waals surface area contributed by atoms with Crippen molar-refractivity contribution in [2.75, 3.05) is 11.9 Å². The molecule has 2 aromatic carbocycles. The molecule has 2 aromatic heterocycles. The van der Waals surface area contributed by atoms with Crippen LogP contribution in [0.5, 0.6) is 0 Å². The lowest BCUT2D eigenvalue weighted by Gasteiger charge is -2.08. The molecule has 1 saturated heterocycles. The van der Waals surface area contributed by atoms with E-state index in [1.165, 1.54) is 0 Å². The van der Waals surface area contributed by atoms with Crippen LogP contribution in [0.3, 0.4) is 0 Å². The molecule has 1 fully saturated rings. The number of rotatable bonds is 6. The highest BCUT2D eigenvalue weighted by molar-refractivity contribution is 6.03. The standard InChI is InChI=1S/C23H24N6O3/c1-15-4-2-5-16(10-15)12-29-20-8-7-17(11-21(20)32-23(29)31)25-22(30)19-14-28(27-26-19)13-18-6-3-9-24-18/h2,4-5,7-8,10-11,14,18,24H,3,6,9,12-13H2,1H3,(H,25,30)/t18-/m0/s1. The fourth-order valence-corrected chi connectivity index (χ4v) is 4.11. The molecular weight excluding hydrogens is 408 g/mol. The number of amides is 1. The number of nitrogens with one attached hydrogen (secondary N) is 2. The van der Waals surface area contributed by atoms with Gasteiger partial charge in [0.2, 0.25) is 0 Å². The molecule has 32 heavy (non-hydrogen) atoms. The van der Waals surface area contributed by atoms with Gasteiger partial charge in [-0.3, -0.25) is 14.0 Å². The minimum Gasteiger partial charge on any atom is -0.408 e. The lowest BCUT2D eigenvalue weighted by Crippen LogP contribution is -2.26. The highest BCUT2D eigenvalue weighted by Gasteiger charge is 2.18. The van der Waals surface area contributed by atoms with Gasteiger partial charge in [-0.1, -0.05) is 35.0 Å². The van der Waals surface area contributed by atoms with Gasteiger partial charge in [-0.15, -0.1) is 5.10 Å². The van der Waals surface area contributed by atoms with Crippen LogP contribution in [0.2, 0.25) is 0 Å². The third-order valence-corrected chi connectivity index (χ3v) is 5.69. The Morgan fingerprint density at radius 2 is 2.19 bits per heavy atom. The SMILES string of the molecule is Cc1cccc(Cn2c(=O)oc3cc(NC(=O)c4cn(C[C@@H]5CCCN5)nn4)ccc32)c1. The van der Waals surface area contributed by atoms with E-state index in [1.807, 2.05) is 31.2 Å². The van der Waals surface area contributed by atoms with Crippen LogP contribution in [0.25, 0.3) is 11.1 Å². The Kier molecular flexibility index (Phi) is 5.32. The van der Waals surface area contributed by atoms with E-state index < -0.39 is 5.76 Å². The number of nitrogens with zero attached hydrogens (tertiary/aromatic N) is 4. The second-order valence-electron chi connectivity index (χ2n) is 8.20. The maximum absolute atomic E-state index is 12.6. The highest BCUT2D eigenvalue weighted by Crippen LogP contribution is 2.20. The highest BCUT2D eigenvalue weighted by atomic mass is 16.4. The molecule has 0 spiro atoms. The van der Waals surface area contributed by atoms with Gasteiger partial charge in [0.15, 0.2) is 11.3 Å². The Morgan fingerprint density at radius 1 is 1.28 bits per heavy atom. The van der Waals surface area contributed by atoms with E-state index >= 15 is 0 Å². The molecule has 9 heteroatoms. The molecule has 0 saturated carbocycles. The van der Waals surface area contributed by atoms with Crippen molar-refractivity contribution >= 4 is 22.7 Å². The fourth-order valence-electron chi connectivity index (χ4n) is 4.11. The van der Waals surface area contributed by atoms with Crippen LogP contribution in [0.1, 0.15) is 34.5 Å². The van der Waals surface area contributed by atoms with Gasteiger partial charge in [-0.25, -0.2) is 4.79 Å². The maximum atomic E-state index is 12.6. The Morgan fingerprint density at radius 3 is 3.00 bits per heavy atom. The van der Waals surface area contributed by atoms with E-state index in [9.17, 15) is 9.59 Å². The number of fused-ring (bicyclic) bond motifs is 1. The Labute approximate surface area is 184 Å². The average molecular weight is 432 g/mol. The fraction of sp³-hybridized carbons (Fsp3) is 0.304. The normalized spacial score (nSPS) is 16.0. The minimum atomic E-state index is -0.437. The van der Waals surface area contributed by atoms with Gasteiger partial charge in [0.1, 0.15) is 0 Å². The zero-order valence-electron chi connectivity index (χ0n) is 17.7. The van der Waals surface area contributed by atoms with Crippen LogP contribution in [-0.4, -0.2) is 38.1 Å². The number of hydrogen-bond acceptors (Lipinski definition) is 6. The molecule has 0 radical (unpaired) electrons. The van der Waals surface area contributed by atoms with Crippen LogP contribution in [-0.2, 0) is 13.1 Å². The van der Waals surface area contributed by atoms with E-state index in [0.29, 0.717) is 35.9 Å². The van der Waals surface area contributed by atoms with E-state index in [4.69, 9.17) is 4.42 Å². The first-order chi connectivity index (χ1) is 15.5. The van der Waals surface area contributed by atoms with Gasteiger partial charge in [0, 0.05) is 17.8 Å². The molecule has 3 heterocycles. The number of aryl methyl sites for hydroxylation is 1. The van der Waals surface area contributed by atoms with Crippen molar-refractivity contribution in [3.63, 3.8) is 0 Å². The monoisotopic (exact) mass is 432 g/mol. The molecule has 5 rings (SSSR count). The van der Waals surface area contributed by atoms with Crippen LogP contribution < -0.4 is 16.4 Å². The molecule has 1 aliphatic heterocycles. The summed E-state index contributed by atoms with van der Waals surface area (Å²) in [6.07, 6.45) is 3.89. The molecule has 1 atom stereocenters. The summed E-state index contributed by atoms with van der Waals surface area (Å²) in [6, 6.07) is 13.5. The quantitative estimate of drug-likeness (QED) is 0.485. The molecule has 9 nitrogen and oxygen atoms in total. The summed E-state index contributed by atoms with van der Waals surface area (Å²) >= 11 is 0. The number of carbonyl (C=O) groups is 1. The average Bonchev–Trinajstić information content (AvgIpc) is 3.50. The molecule has 1 aliphatic rings. The summed E-state index contributed by atoms with van der Waals surface area (Å²) in [5.74, 6) is -0.801. The largest absolute Gasteiger partial charge is 0.420 e. The number of hydrogen-bond donors (Lipinski definition) is 2. The van der Waals surface area contributed by atoms with Gasteiger partial charge >= 0.3 is 5.76 Å². The summed E-state index contributed by atoms with van der Waals surface area (Å²) in [7, 11) is 0. The lowest BCUT2D eigenvalue weighted by atomic mass is 10.1. The molecular formula is C23H24N6O3. The minimum absolute atomic E-state index is 0.238. The zero-order valence-corrected chi connectivity index (χ0v) is 17.7. The van der Waals surface area contributed by atoms with Crippen LogP contribution in [0.4, 0.5) is 5.69 Å². The van der Waals surface area contributed by atoms with Gasteiger partial charge < -0.3 is 15.1 Å². The molecule has 164 valence electrons. The van der Waals surface area contributed by atoms with Gasteiger partial charge in [0.05, 0.1) is 24.8 Å². The molecule has 0 bridgehead atoms. The predicted octanol–water partition coefficient (Wildman–Crippen LogP) is 2.55. The van der Waals surface area contributed by atoms with Crippen molar-refractivity contribution in [3.8, 4) is 0 Å². The molecule has 0 unspecified atom stereocenters. The van der Waals surface area contributed by atoms with Crippen molar-refractivity contribution in [2.24, 2.45) is 0 Å². The van der Waals surface area contributed by atoms with Crippen LogP contribution >= 0.6 is 0 Å². The van der Waals surface area contributed by atoms with E-state index in [1.54, 1.807) is 33.6 Å². The van der Waals surface area contributed by atoms with Crippen molar-refractivity contribution in [1.82, 2.24) is 24.9 Å². The topological polar surface area (TPSA) is 107 Å². The van der Waals surface area contributed by atoms with Crippen molar-refractivity contribution in [1.29, 1.82) is 0 Å². The zero-order chi connectivity index (χ0) is 22.1. The van der Waals surface area contributed by atoms with E-state index in [0.717, 1.165) is 30.5 Å². The summed E-state index contributed by atoms with van der Waals surface area (Å²) in [5, 5.41) is 14.2. The van der Waals surface area contributed by atoms with Crippen LogP contribution in [0, 0.1) is 6.92 Å². The number of oxazole rings is 1. The third kappa shape index (κ3) is 4.19. The molecule has 1 amide bonds. The van der Waals surface area contributed by atoms with Crippen LogP contribution in [0.15, 0.2) is 57.9 Å². The number of anilines is 1. The summed E-state index contributed by atoms with van der Waals surface area (Å²) in [4.78, 5) is 25.0. The van der Waals surface area contributed by atoms with E-state index in [-0.39, 0.29) is 11.6 Å². The predicted molar refractivity (Wildman–Crippen MR) is 120 cm³/mol. The van der Waals surface area contributed by atoms with Crippen molar-refractivity contribution in [2.45, 2.75) is 38.9 Å². The molecule has 2 N–H and O–H groups in total. The number of carbonyl (C=O) groups excluding carboxylic acids is 1. The maximum Gasteiger partial charge on any atom is 0.420 e. The van der Waals surface area contributed by atoms with Gasteiger partial charge in [-0.05, 0) is 44.0 Å². The van der Waals surface area contributed by atoms with Gasteiger partial charge in [-0.2, -0.15) is 0 Å². The summed E-state index contributed by atoms with van der Waals surface area (Å²) in [6.45, 7) is 4.13. The molecule has 0 aliphatic carbocycles. The van der Waals surface area contributed by atoms with Gasteiger partial charge in [0.25, 0.3) is 5.91 Å². The Hall–Kier alpha value is -3.72. The second kappa shape index (κ2) is 8.43. The second-order valence-corrected chi connectivity index (χ2v) is 8.20.